The third kappa shape index (κ3) is 2.43. The molecule has 0 saturated carbocycles. The minimum atomic E-state index is 0.661. The van der Waals surface area contributed by atoms with Gasteiger partial charge in [0.25, 0.3) is 0 Å². The summed E-state index contributed by atoms with van der Waals surface area (Å²) in [6.45, 7) is 1.43. The van der Waals surface area contributed by atoms with E-state index in [0.29, 0.717) is 11.6 Å². The Bertz CT molecular complexity index is 465. The standard InChI is InChI=1S/C12H14ClN3/c13-12-8-15-6-4-10(12)9-16-7-1-2-11(16)3-5-14/h1-2,4,6-8H,3,5,9,14H2. The zero-order valence-corrected chi connectivity index (χ0v) is 9.69. The lowest BCUT2D eigenvalue weighted by molar-refractivity contribution is 0.736. The highest BCUT2D eigenvalue weighted by atomic mass is 35.5. The lowest BCUT2D eigenvalue weighted by atomic mass is 10.2. The number of rotatable bonds is 4. The van der Waals surface area contributed by atoms with Crippen molar-refractivity contribution in [1.82, 2.24) is 9.55 Å². The Kier molecular flexibility index (Phi) is 3.59. The fourth-order valence-electron chi connectivity index (χ4n) is 1.69. The molecule has 2 heterocycles. The molecule has 16 heavy (non-hydrogen) atoms. The first-order valence-corrected chi connectivity index (χ1v) is 5.61. The number of nitrogens with two attached hydrogens (primary N) is 1. The lowest BCUT2D eigenvalue weighted by Gasteiger charge is -2.09. The van der Waals surface area contributed by atoms with Gasteiger partial charge in [-0.15, -0.1) is 0 Å². The number of hydrogen-bond acceptors (Lipinski definition) is 2. The fraction of sp³-hybridized carbons (Fsp3) is 0.250. The molecule has 0 aliphatic rings. The maximum absolute atomic E-state index is 6.07. The van der Waals surface area contributed by atoms with Crippen molar-refractivity contribution in [2.45, 2.75) is 13.0 Å². The molecular weight excluding hydrogens is 222 g/mol. The van der Waals surface area contributed by atoms with E-state index in [1.807, 2.05) is 18.3 Å². The molecule has 0 atom stereocenters. The summed E-state index contributed by atoms with van der Waals surface area (Å²) in [5.41, 5.74) is 7.87. The summed E-state index contributed by atoms with van der Waals surface area (Å²) >= 11 is 6.07. The molecular formula is C12H14ClN3. The van der Waals surface area contributed by atoms with Crippen molar-refractivity contribution in [3.63, 3.8) is 0 Å². The first-order valence-electron chi connectivity index (χ1n) is 5.23. The highest BCUT2D eigenvalue weighted by Gasteiger charge is 2.03. The molecule has 0 aliphatic heterocycles. The molecule has 0 aliphatic carbocycles. The average Bonchev–Trinajstić information content (AvgIpc) is 2.70. The lowest BCUT2D eigenvalue weighted by Crippen LogP contribution is -2.09. The van der Waals surface area contributed by atoms with Crippen LogP contribution in [0.3, 0.4) is 0 Å². The van der Waals surface area contributed by atoms with Crippen molar-refractivity contribution in [3.8, 4) is 0 Å². The molecule has 0 bridgehead atoms. The number of nitrogens with zero attached hydrogens (tertiary/aromatic N) is 2. The van der Waals surface area contributed by atoms with Gasteiger partial charge in [0.15, 0.2) is 0 Å². The van der Waals surface area contributed by atoms with E-state index in [1.54, 1.807) is 12.4 Å². The van der Waals surface area contributed by atoms with Gasteiger partial charge in [0.05, 0.1) is 5.02 Å². The zero-order valence-electron chi connectivity index (χ0n) is 8.94. The Hall–Kier alpha value is -1.32. The van der Waals surface area contributed by atoms with Crippen LogP contribution in [-0.4, -0.2) is 16.1 Å². The van der Waals surface area contributed by atoms with Gasteiger partial charge in [0.2, 0.25) is 0 Å². The Morgan fingerprint density at radius 1 is 1.38 bits per heavy atom. The molecule has 2 rings (SSSR count). The van der Waals surface area contributed by atoms with Crippen molar-refractivity contribution in [3.05, 3.63) is 53.1 Å². The summed E-state index contributed by atoms with van der Waals surface area (Å²) in [7, 11) is 0. The van der Waals surface area contributed by atoms with Gasteiger partial charge in [-0.1, -0.05) is 11.6 Å². The van der Waals surface area contributed by atoms with Gasteiger partial charge in [-0.3, -0.25) is 4.98 Å². The van der Waals surface area contributed by atoms with Crippen LogP contribution in [-0.2, 0) is 13.0 Å². The topological polar surface area (TPSA) is 43.8 Å². The van der Waals surface area contributed by atoms with Gasteiger partial charge in [-0.2, -0.15) is 0 Å². The van der Waals surface area contributed by atoms with Crippen LogP contribution in [0.25, 0.3) is 0 Å². The average molecular weight is 236 g/mol. The van der Waals surface area contributed by atoms with E-state index >= 15 is 0 Å². The number of pyridine rings is 1. The highest BCUT2D eigenvalue weighted by molar-refractivity contribution is 6.31. The van der Waals surface area contributed by atoms with E-state index in [1.165, 1.54) is 5.69 Å². The zero-order chi connectivity index (χ0) is 11.4. The van der Waals surface area contributed by atoms with Crippen molar-refractivity contribution in [2.24, 2.45) is 5.73 Å². The third-order valence-electron chi connectivity index (χ3n) is 2.52. The molecule has 0 unspecified atom stereocenters. The van der Waals surface area contributed by atoms with E-state index in [2.05, 4.69) is 15.6 Å². The van der Waals surface area contributed by atoms with E-state index in [0.717, 1.165) is 18.5 Å². The van der Waals surface area contributed by atoms with Crippen molar-refractivity contribution < 1.29 is 0 Å². The van der Waals surface area contributed by atoms with Crippen LogP contribution >= 0.6 is 11.6 Å². The Morgan fingerprint density at radius 2 is 2.25 bits per heavy atom. The van der Waals surface area contributed by atoms with Crippen LogP contribution in [0.5, 0.6) is 0 Å². The Morgan fingerprint density at radius 3 is 3.00 bits per heavy atom. The quantitative estimate of drug-likeness (QED) is 0.882. The number of halogens is 1. The second kappa shape index (κ2) is 5.14. The van der Waals surface area contributed by atoms with Crippen LogP contribution < -0.4 is 5.73 Å². The van der Waals surface area contributed by atoms with Crippen molar-refractivity contribution >= 4 is 11.6 Å². The fourth-order valence-corrected chi connectivity index (χ4v) is 1.87. The summed E-state index contributed by atoms with van der Waals surface area (Å²) < 4.78 is 2.16. The van der Waals surface area contributed by atoms with Crippen LogP contribution in [0.2, 0.25) is 5.02 Å². The molecule has 0 spiro atoms. The second-order valence-electron chi connectivity index (χ2n) is 3.63. The number of aromatic nitrogens is 2. The van der Waals surface area contributed by atoms with Gasteiger partial charge < -0.3 is 10.3 Å². The molecule has 0 aromatic carbocycles. The Balaban J connectivity index is 2.20. The molecule has 4 heteroatoms. The normalized spacial score (nSPS) is 10.6. The molecule has 0 saturated heterocycles. The predicted octanol–water partition coefficient (Wildman–Crippen LogP) is 2.09. The minimum absolute atomic E-state index is 0.661. The SMILES string of the molecule is NCCc1cccn1Cc1ccncc1Cl. The molecule has 2 N–H and O–H groups in total. The van der Waals surface area contributed by atoms with Crippen LogP contribution in [0.4, 0.5) is 0 Å². The summed E-state index contributed by atoms with van der Waals surface area (Å²) in [4.78, 5) is 3.97. The molecule has 0 fully saturated rings. The van der Waals surface area contributed by atoms with Crippen LogP contribution in [0, 0.1) is 0 Å². The van der Waals surface area contributed by atoms with Crippen LogP contribution in [0.15, 0.2) is 36.8 Å². The largest absolute Gasteiger partial charge is 0.347 e. The maximum atomic E-state index is 6.07. The molecule has 84 valence electrons. The summed E-state index contributed by atoms with van der Waals surface area (Å²) in [6, 6.07) is 6.05. The van der Waals surface area contributed by atoms with E-state index < -0.39 is 0 Å². The summed E-state index contributed by atoms with van der Waals surface area (Å²) in [5.74, 6) is 0. The molecule has 2 aromatic heterocycles. The van der Waals surface area contributed by atoms with Gasteiger partial charge in [0, 0.05) is 30.8 Å². The van der Waals surface area contributed by atoms with Gasteiger partial charge >= 0.3 is 0 Å². The maximum Gasteiger partial charge on any atom is 0.0639 e. The van der Waals surface area contributed by atoms with Crippen molar-refractivity contribution in [1.29, 1.82) is 0 Å². The van der Waals surface area contributed by atoms with Crippen LogP contribution in [0.1, 0.15) is 11.3 Å². The molecule has 0 radical (unpaired) electrons. The third-order valence-corrected chi connectivity index (χ3v) is 2.86. The van der Waals surface area contributed by atoms with Gasteiger partial charge in [0.1, 0.15) is 0 Å². The van der Waals surface area contributed by atoms with Crippen molar-refractivity contribution in [2.75, 3.05) is 6.54 Å². The van der Waals surface area contributed by atoms with Gasteiger partial charge in [-0.25, -0.2) is 0 Å². The Labute approximate surface area is 99.9 Å². The van der Waals surface area contributed by atoms with E-state index in [-0.39, 0.29) is 0 Å². The van der Waals surface area contributed by atoms with E-state index in [9.17, 15) is 0 Å². The molecule has 0 amide bonds. The summed E-state index contributed by atoms with van der Waals surface area (Å²) in [6.07, 6.45) is 6.35. The summed E-state index contributed by atoms with van der Waals surface area (Å²) in [5, 5.41) is 0.704. The number of hydrogen-bond donors (Lipinski definition) is 1. The molecule has 2 aromatic rings. The molecule has 3 nitrogen and oxygen atoms in total. The smallest absolute Gasteiger partial charge is 0.0639 e. The van der Waals surface area contributed by atoms with Gasteiger partial charge in [-0.05, 0) is 36.7 Å². The first kappa shape index (κ1) is 11.2. The first-order chi connectivity index (χ1) is 7.81. The second-order valence-corrected chi connectivity index (χ2v) is 4.04. The minimum Gasteiger partial charge on any atom is -0.347 e. The highest BCUT2D eigenvalue weighted by Crippen LogP contribution is 2.16. The monoisotopic (exact) mass is 235 g/mol. The van der Waals surface area contributed by atoms with E-state index in [4.69, 9.17) is 17.3 Å². The predicted molar refractivity (Wildman–Crippen MR) is 65.5 cm³/mol.